The highest BCUT2D eigenvalue weighted by Gasteiger charge is 2.19. The maximum atomic E-state index is 12.4. The molecule has 140 valence electrons. The molecule has 0 saturated heterocycles. The molecular weight excluding hydrogens is 344 g/mol. The molecule has 0 saturated carbocycles. The molecule has 3 aromatic rings. The van der Waals surface area contributed by atoms with Crippen molar-refractivity contribution in [1.29, 1.82) is 0 Å². The number of aliphatic hydroxyl groups excluding tert-OH is 1. The summed E-state index contributed by atoms with van der Waals surface area (Å²) in [5, 5.41) is 16.1. The predicted molar refractivity (Wildman–Crippen MR) is 99.6 cm³/mol. The van der Waals surface area contributed by atoms with Gasteiger partial charge in [-0.25, -0.2) is 0 Å². The van der Waals surface area contributed by atoms with Gasteiger partial charge in [-0.15, -0.1) is 0 Å². The van der Waals surface area contributed by atoms with Crippen LogP contribution in [-0.4, -0.2) is 39.7 Å². The zero-order valence-electron chi connectivity index (χ0n) is 15.1. The van der Waals surface area contributed by atoms with E-state index in [0.717, 1.165) is 12.1 Å². The van der Waals surface area contributed by atoms with E-state index in [2.05, 4.69) is 32.5 Å². The highest BCUT2D eigenvalue weighted by molar-refractivity contribution is 5.92. The zero-order valence-corrected chi connectivity index (χ0v) is 15.1. The summed E-state index contributed by atoms with van der Waals surface area (Å²) < 4.78 is 5.29. The Morgan fingerprint density at radius 3 is 2.74 bits per heavy atom. The first kappa shape index (κ1) is 18.8. The summed E-state index contributed by atoms with van der Waals surface area (Å²) in [7, 11) is 1.97. The van der Waals surface area contributed by atoms with Gasteiger partial charge >= 0.3 is 0 Å². The Bertz CT molecular complexity index is 852. The number of carbonyl (C=O) groups is 1. The van der Waals surface area contributed by atoms with Gasteiger partial charge in [0, 0.05) is 25.0 Å². The van der Waals surface area contributed by atoms with E-state index in [1.165, 1.54) is 5.56 Å². The van der Waals surface area contributed by atoms with E-state index in [1.54, 1.807) is 30.6 Å². The number of carbonyl (C=O) groups excluding carboxylic acids is 1. The lowest BCUT2D eigenvalue weighted by atomic mass is 10.1. The van der Waals surface area contributed by atoms with Crippen molar-refractivity contribution in [3.63, 3.8) is 0 Å². The lowest BCUT2D eigenvalue weighted by Crippen LogP contribution is -2.31. The second kappa shape index (κ2) is 9.07. The van der Waals surface area contributed by atoms with Crippen LogP contribution in [0.15, 0.2) is 65.4 Å². The molecule has 27 heavy (non-hydrogen) atoms. The fourth-order valence-electron chi connectivity index (χ4n) is 2.76. The van der Waals surface area contributed by atoms with Gasteiger partial charge in [0.15, 0.2) is 11.5 Å². The SMILES string of the molecule is CN(Cc1ccccc1)Cc1cc(C(=O)N[C@@H](CO)c2cccnc2)no1. The van der Waals surface area contributed by atoms with E-state index in [4.69, 9.17) is 4.52 Å². The van der Waals surface area contributed by atoms with Crippen LogP contribution in [-0.2, 0) is 13.1 Å². The third-order valence-corrected chi connectivity index (χ3v) is 4.09. The fraction of sp³-hybridized carbons (Fsp3) is 0.250. The van der Waals surface area contributed by atoms with E-state index in [-0.39, 0.29) is 12.3 Å². The van der Waals surface area contributed by atoms with Crippen LogP contribution in [0.1, 0.15) is 33.4 Å². The Labute approximate surface area is 157 Å². The molecule has 7 nitrogen and oxygen atoms in total. The molecule has 7 heteroatoms. The average Bonchev–Trinajstić information content (AvgIpc) is 3.16. The summed E-state index contributed by atoms with van der Waals surface area (Å²) in [4.78, 5) is 18.5. The van der Waals surface area contributed by atoms with E-state index in [0.29, 0.717) is 12.3 Å². The molecule has 1 amide bonds. The molecule has 0 radical (unpaired) electrons. The number of aliphatic hydroxyl groups is 1. The number of pyridine rings is 1. The number of aromatic nitrogens is 2. The van der Waals surface area contributed by atoms with Crippen LogP contribution in [0.25, 0.3) is 0 Å². The summed E-state index contributed by atoms with van der Waals surface area (Å²) in [6.07, 6.45) is 3.24. The lowest BCUT2D eigenvalue weighted by molar-refractivity contribution is 0.0906. The molecule has 0 spiro atoms. The normalized spacial score (nSPS) is 12.1. The number of nitrogens with one attached hydrogen (secondary N) is 1. The van der Waals surface area contributed by atoms with E-state index >= 15 is 0 Å². The van der Waals surface area contributed by atoms with E-state index in [9.17, 15) is 9.90 Å². The Morgan fingerprint density at radius 2 is 2.04 bits per heavy atom. The molecule has 0 bridgehead atoms. The first-order valence-corrected chi connectivity index (χ1v) is 8.65. The summed E-state index contributed by atoms with van der Waals surface area (Å²) in [5.74, 6) is 0.194. The van der Waals surface area contributed by atoms with Crippen molar-refractivity contribution < 1.29 is 14.4 Å². The monoisotopic (exact) mass is 366 g/mol. The van der Waals surface area contributed by atoms with Crippen molar-refractivity contribution in [2.75, 3.05) is 13.7 Å². The Morgan fingerprint density at radius 1 is 1.22 bits per heavy atom. The molecule has 3 rings (SSSR count). The number of hydrogen-bond donors (Lipinski definition) is 2. The van der Waals surface area contributed by atoms with Gasteiger partial charge in [-0.1, -0.05) is 41.6 Å². The highest BCUT2D eigenvalue weighted by atomic mass is 16.5. The minimum Gasteiger partial charge on any atom is -0.394 e. The zero-order chi connectivity index (χ0) is 19.1. The van der Waals surface area contributed by atoms with Crippen LogP contribution in [0.3, 0.4) is 0 Å². The molecule has 2 N–H and O–H groups in total. The molecule has 0 aliphatic heterocycles. The number of amides is 1. The van der Waals surface area contributed by atoms with Gasteiger partial charge in [-0.2, -0.15) is 0 Å². The summed E-state index contributed by atoms with van der Waals surface area (Å²) in [6.45, 7) is 1.06. The van der Waals surface area contributed by atoms with Crippen LogP contribution < -0.4 is 5.32 Å². The van der Waals surface area contributed by atoms with Crippen LogP contribution >= 0.6 is 0 Å². The largest absolute Gasteiger partial charge is 0.394 e. The minimum absolute atomic E-state index is 0.181. The molecule has 0 aliphatic carbocycles. The number of nitrogens with zero attached hydrogens (tertiary/aromatic N) is 3. The van der Waals surface area contributed by atoms with Crippen molar-refractivity contribution in [2.45, 2.75) is 19.1 Å². The van der Waals surface area contributed by atoms with Crippen molar-refractivity contribution >= 4 is 5.91 Å². The molecule has 2 heterocycles. The first-order chi connectivity index (χ1) is 13.2. The fourth-order valence-corrected chi connectivity index (χ4v) is 2.76. The van der Waals surface area contributed by atoms with Crippen LogP contribution in [0.2, 0.25) is 0 Å². The summed E-state index contributed by atoms with van der Waals surface area (Å²) in [5.41, 5.74) is 2.10. The van der Waals surface area contributed by atoms with Crippen LogP contribution in [0.5, 0.6) is 0 Å². The molecule has 0 aliphatic rings. The number of hydrogen-bond acceptors (Lipinski definition) is 6. The maximum Gasteiger partial charge on any atom is 0.274 e. The third-order valence-electron chi connectivity index (χ3n) is 4.09. The van der Waals surface area contributed by atoms with Crippen molar-refractivity contribution in [2.24, 2.45) is 0 Å². The molecule has 1 atom stereocenters. The second-order valence-electron chi connectivity index (χ2n) is 6.33. The quantitative estimate of drug-likeness (QED) is 0.635. The van der Waals surface area contributed by atoms with E-state index < -0.39 is 11.9 Å². The van der Waals surface area contributed by atoms with Crippen molar-refractivity contribution in [3.05, 3.63) is 83.5 Å². The first-order valence-electron chi connectivity index (χ1n) is 8.65. The van der Waals surface area contributed by atoms with Crippen molar-refractivity contribution in [1.82, 2.24) is 20.4 Å². The van der Waals surface area contributed by atoms with Crippen molar-refractivity contribution in [3.8, 4) is 0 Å². The van der Waals surface area contributed by atoms with Gasteiger partial charge in [-0.3, -0.25) is 14.7 Å². The van der Waals surface area contributed by atoms with Gasteiger partial charge in [0.2, 0.25) is 0 Å². The Balaban J connectivity index is 1.58. The minimum atomic E-state index is -0.549. The highest BCUT2D eigenvalue weighted by Crippen LogP contribution is 2.13. The Hall–Kier alpha value is -3.03. The standard InChI is InChI=1S/C20H22N4O3/c1-24(12-15-6-3-2-4-7-15)13-17-10-18(23-27-17)20(26)22-19(14-25)16-8-5-9-21-11-16/h2-11,19,25H,12-14H2,1H3,(H,22,26)/t19-/m0/s1. The van der Waals surface area contributed by atoms with Gasteiger partial charge < -0.3 is 14.9 Å². The van der Waals surface area contributed by atoms with Gasteiger partial charge in [0.05, 0.1) is 19.2 Å². The smallest absolute Gasteiger partial charge is 0.274 e. The van der Waals surface area contributed by atoms with E-state index in [1.807, 2.05) is 25.2 Å². The number of rotatable bonds is 8. The molecule has 0 fully saturated rings. The molecule has 2 aromatic heterocycles. The van der Waals surface area contributed by atoms with Crippen LogP contribution in [0.4, 0.5) is 0 Å². The molecule has 0 unspecified atom stereocenters. The van der Waals surface area contributed by atoms with Crippen LogP contribution in [0, 0.1) is 0 Å². The summed E-state index contributed by atoms with van der Waals surface area (Å²) in [6, 6.07) is 14.7. The topological polar surface area (TPSA) is 91.5 Å². The van der Waals surface area contributed by atoms with Gasteiger partial charge in [0.1, 0.15) is 0 Å². The third kappa shape index (κ3) is 5.22. The lowest BCUT2D eigenvalue weighted by Gasteiger charge is -2.15. The van der Waals surface area contributed by atoms with Gasteiger partial charge in [0.25, 0.3) is 5.91 Å². The molecule has 1 aromatic carbocycles. The molecular formula is C20H22N4O3. The second-order valence-corrected chi connectivity index (χ2v) is 6.33. The Kier molecular flexibility index (Phi) is 6.30. The number of benzene rings is 1. The summed E-state index contributed by atoms with van der Waals surface area (Å²) >= 11 is 0. The van der Waals surface area contributed by atoms with Gasteiger partial charge in [-0.05, 0) is 24.2 Å². The maximum absolute atomic E-state index is 12.4. The average molecular weight is 366 g/mol. The predicted octanol–water partition coefficient (Wildman–Crippen LogP) is 2.17.